The molecule has 9 heteroatoms. The fourth-order valence-corrected chi connectivity index (χ4v) is 5.12. The molecule has 8 nitrogen and oxygen atoms in total. The zero-order valence-electron chi connectivity index (χ0n) is 23.0. The molecule has 0 radical (unpaired) electrons. The largest absolute Gasteiger partial charge is 0.481 e. The van der Waals surface area contributed by atoms with E-state index in [1.54, 1.807) is 36.7 Å². The van der Waals surface area contributed by atoms with Crippen molar-refractivity contribution in [3.05, 3.63) is 96.2 Å². The first-order valence-electron chi connectivity index (χ1n) is 13.5. The first-order valence-corrected chi connectivity index (χ1v) is 13.5. The third kappa shape index (κ3) is 7.25. The number of hydrogen-bond donors (Lipinski definition) is 4. The van der Waals surface area contributed by atoms with Crippen LogP contribution in [-0.2, 0) is 11.3 Å². The number of benzene rings is 2. The van der Waals surface area contributed by atoms with Crippen LogP contribution >= 0.6 is 0 Å². The molecule has 4 N–H and O–H groups in total. The lowest BCUT2D eigenvalue weighted by molar-refractivity contribution is -0.139. The van der Waals surface area contributed by atoms with E-state index in [1.165, 1.54) is 12.1 Å². The standard InChI is InChI=1S/C32H34FN3O5/c1-20(2)30-29(32(41)35-24-9-6-15-34-19-24)28(21-7-4-3-5-8-21)31(22-10-12-23(33)13-11-22)36(30)16-14-25(37)17-26(38)18-27(39)40/h3-13,15,19-20,25-26,37-38H,14,16-18H2,1-2H3,(H,35,41)(H,39,40). The van der Waals surface area contributed by atoms with Gasteiger partial charge in [-0.3, -0.25) is 14.6 Å². The van der Waals surface area contributed by atoms with Crippen LogP contribution < -0.4 is 5.32 Å². The zero-order chi connectivity index (χ0) is 29.5. The number of anilines is 1. The number of aromatic nitrogens is 2. The van der Waals surface area contributed by atoms with Crippen molar-refractivity contribution in [3.8, 4) is 22.4 Å². The van der Waals surface area contributed by atoms with Crippen LogP contribution in [0.3, 0.4) is 0 Å². The summed E-state index contributed by atoms with van der Waals surface area (Å²) in [6, 6.07) is 19.0. The molecule has 4 aromatic rings. The quantitative estimate of drug-likeness (QED) is 0.176. The van der Waals surface area contributed by atoms with E-state index in [0.29, 0.717) is 28.1 Å². The highest BCUT2D eigenvalue weighted by molar-refractivity contribution is 6.12. The molecular weight excluding hydrogens is 525 g/mol. The van der Waals surface area contributed by atoms with Gasteiger partial charge in [-0.25, -0.2) is 4.39 Å². The fraction of sp³-hybridized carbons (Fsp3) is 0.281. The van der Waals surface area contributed by atoms with E-state index in [4.69, 9.17) is 5.11 Å². The number of amides is 1. The lowest BCUT2D eigenvalue weighted by Crippen LogP contribution is -2.22. The number of rotatable bonds is 12. The highest BCUT2D eigenvalue weighted by Crippen LogP contribution is 2.42. The lowest BCUT2D eigenvalue weighted by atomic mass is 9.94. The summed E-state index contributed by atoms with van der Waals surface area (Å²) in [6.45, 7) is 4.22. The van der Waals surface area contributed by atoms with E-state index in [1.807, 2.05) is 48.7 Å². The maximum absolute atomic E-state index is 14.0. The molecule has 0 saturated heterocycles. The Balaban J connectivity index is 1.89. The summed E-state index contributed by atoms with van der Waals surface area (Å²) in [7, 11) is 0. The summed E-state index contributed by atoms with van der Waals surface area (Å²) in [5.41, 5.74) is 4.55. The number of carboxylic acid groups (broad SMARTS) is 1. The molecule has 2 aromatic carbocycles. The molecule has 0 fully saturated rings. The Labute approximate surface area is 238 Å². The minimum atomic E-state index is -1.19. The average Bonchev–Trinajstić information content (AvgIpc) is 3.28. The van der Waals surface area contributed by atoms with Crippen molar-refractivity contribution < 1.29 is 29.3 Å². The molecule has 0 aliphatic rings. The molecule has 0 aliphatic heterocycles. The number of carboxylic acids is 1. The lowest BCUT2D eigenvalue weighted by Gasteiger charge is -2.20. The second kappa shape index (κ2) is 13.3. The predicted octanol–water partition coefficient (Wildman–Crippen LogP) is 5.71. The van der Waals surface area contributed by atoms with Gasteiger partial charge in [-0.1, -0.05) is 44.2 Å². The molecule has 4 rings (SSSR count). The summed E-state index contributed by atoms with van der Waals surface area (Å²) in [4.78, 5) is 29.1. The van der Waals surface area contributed by atoms with Crippen LogP contribution in [0.25, 0.3) is 22.4 Å². The predicted molar refractivity (Wildman–Crippen MR) is 155 cm³/mol. The molecule has 0 saturated carbocycles. The Kier molecular flexibility index (Phi) is 9.65. The Morgan fingerprint density at radius 3 is 2.27 bits per heavy atom. The van der Waals surface area contributed by atoms with Crippen LogP contribution in [0.15, 0.2) is 79.1 Å². The van der Waals surface area contributed by atoms with Gasteiger partial charge in [0.05, 0.1) is 41.8 Å². The molecule has 0 spiro atoms. The first kappa shape index (κ1) is 29.6. The second-order valence-corrected chi connectivity index (χ2v) is 10.3. The van der Waals surface area contributed by atoms with Gasteiger partial charge in [-0.2, -0.15) is 0 Å². The van der Waals surface area contributed by atoms with Crippen molar-refractivity contribution in [1.29, 1.82) is 0 Å². The van der Waals surface area contributed by atoms with Crippen molar-refractivity contribution in [2.75, 3.05) is 5.32 Å². The minimum Gasteiger partial charge on any atom is -0.481 e. The normalized spacial score (nSPS) is 12.7. The summed E-state index contributed by atoms with van der Waals surface area (Å²) in [5.74, 6) is -2.00. The minimum absolute atomic E-state index is 0.101. The van der Waals surface area contributed by atoms with Crippen LogP contribution in [0.2, 0.25) is 0 Å². The number of aliphatic carboxylic acids is 1. The number of carbonyl (C=O) groups excluding carboxylic acids is 1. The van der Waals surface area contributed by atoms with E-state index in [9.17, 15) is 24.2 Å². The molecule has 1 amide bonds. The molecular formula is C32H34FN3O5. The average molecular weight is 560 g/mol. The van der Waals surface area contributed by atoms with Gasteiger partial charge in [0.2, 0.25) is 0 Å². The van der Waals surface area contributed by atoms with Gasteiger partial charge in [0.15, 0.2) is 0 Å². The molecule has 214 valence electrons. The van der Waals surface area contributed by atoms with Crippen LogP contribution in [0.1, 0.15) is 55.1 Å². The number of aliphatic hydroxyl groups excluding tert-OH is 2. The maximum Gasteiger partial charge on any atom is 0.305 e. The monoisotopic (exact) mass is 559 g/mol. The third-order valence-electron chi connectivity index (χ3n) is 6.82. The second-order valence-electron chi connectivity index (χ2n) is 10.3. The number of carbonyl (C=O) groups is 2. The van der Waals surface area contributed by atoms with Gasteiger partial charge in [0.25, 0.3) is 5.91 Å². The number of aliphatic hydroxyl groups is 2. The Morgan fingerprint density at radius 1 is 0.951 bits per heavy atom. The summed E-state index contributed by atoms with van der Waals surface area (Å²) in [6.07, 6.45) is 0.635. The Hall–Kier alpha value is -4.34. The topological polar surface area (TPSA) is 125 Å². The van der Waals surface area contributed by atoms with Gasteiger partial charge in [0, 0.05) is 24.0 Å². The van der Waals surface area contributed by atoms with E-state index >= 15 is 0 Å². The van der Waals surface area contributed by atoms with E-state index in [-0.39, 0.29) is 31.2 Å². The zero-order valence-corrected chi connectivity index (χ0v) is 23.0. The van der Waals surface area contributed by atoms with Crippen molar-refractivity contribution in [2.24, 2.45) is 0 Å². The van der Waals surface area contributed by atoms with E-state index in [0.717, 1.165) is 11.3 Å². The van der Waals surface area contributed by atoms with Crippen molar-refractivity contribution >= 4 is 17.6 Å². The molecule has 2 heterocycles. The molecule has 0 aliphatic carbocycles. The van der Waals surface area contributed by atoms with Crippen LogP contribution in [0.4, 0.5) is 10.1 Å². The Morgan fingerprint density at radius 2 is 1.66 bits per heavy atom. The Bertz CT molecular complexity index is 1470. The molecule has 2 aromatic heterocycles. The van der Waals surface area contributed by atoms with Gasteiger partial charge in [0.1, 0.15) is 5.82 Å². The summed E-state index contributed by atoms with van der Waals surface area (Å²) >= 11 is 0. The third-order valence-corrected chi connectivity index (χ3v) is 6.82. The van der Waals surface area contributed by atoms with Crippen molar-refractivity contribution in [2.45, 2.75) is 57.8 Å². The van der Waals surface area contributed by atoms with Crippen LogP contribution in [0, 0.1) is 5.82 Å². The summed E-state index contributed by atoms with van der Waals surface area (Å²) in [5, 5.41) is 32.7. The highest BCUT2D eigenvalue weighted by Gasteiger charge is 2.31. The van der Waals surface area contributed by atoms with Gasteiger partial charge in [-0.05, 0) is 66.3 Å². The molecule has 2 atom stereocenters. The highest BCUT2D eigenvalue weighted by atomic mass is 19.1. The number of nitrogens with one attached hydrogen (secondary N) is 1. The first-order chi connectivity index (χ1) is 19.7. The van der Waals surface area contributed by atoms with Crippen LogP contribution in [0.5, 0.6) is 0 Å². The SMILES string of the molecule is CC(C)c1c(C(=O)Nc2cccnc2)c(-c2ccccc2)c(-c2ccc(F)cc2)n1CCC(O)CC(O)CC(=O)O. The van der Waals surface area contributed by atoms with Gasteiger partial charge in [-0.15, -0.1) is 0 Å². The maximum atomic E-state index is 14.0. The van der Waals surface area contributed by atoms with Crippen LogP contribution in [-0.4, -0.2) is 49.0 Å². The van der Waals surface area contributed by atoms with Gasteiger partial charge >= 0.3 is 5.97 Å². The molecule has 2 unspecified atom stereocenters. The number of pyridine rings is 1. The number of halogens is 1. The van der Waals surface area contributed by atoms with Gasteiger partial charge < -0.3 is 25.2 Å². The van der Waals surface area contributed by atoms with E-state index < -0.39 is 30.4 Å². The summed E-state index contributed by atoms with van der Waals surface area (Å²) < 4.78 is 16.0. The number of hydrogen-bond acceptors (Lipinski definition) is 5. The number of nitrogens with zero attached hydrogens (tertiary/aromatic N) is 2. The smallest absolute Gasteiger partial charge is 0.305 e. The molecule has 0 bridgehead atoms. The van der Waals surface area contributed by atoms with Crippen molar-refractivity contribution in [3.63, 3.8) is 0 Å². The van der Waals surface area contributed by atoms with Crippen molar-refractivity contribution in [1.82, 2.24) is 9.55 Å². The molecule has 41 heavy (non-hydrogen) atoms. The fourth-order valence-electron chi connectivity index (χ4n) is 5.12. The van der Waals surface area contributed by atoms with E-state index in [2.05, 4.69) is 10.3 Å².